The minimum absolute atomic E-state index is 0.0743. The normalized spacial score (nSPS) is 21.3. The smallest absolute Gasteiger partial charge is 0.407 e. The van der Waals surface area contributed by atoms with Crippen LogP contribution in [0.5, 0.6) is 5.75 Å². The number of rotatable bonds is 10. The molecule has 8 rings (SSSR count). The predicted molar refractivity (Wildman–Crippen MR) is 223 cm³/mol. The number of likely N-dealkylation sites (tertiary alicyclic amines) is 2. The highest BCUT2D eigenvalue weighted by atomic mass is 16.5. The Kier molecular flexibility index (Phi) is 10.9. The first-order valence-electron chi connectivity index (χ1n) is 20.5. The molecule has 0 saturated carbocycles. The van der Waals surface area contributed by atoms with Gasteiger partial charge in [-0.3, -0.25) is 9.59 Å². The van der Waals surface area contributed by atoms with Crippen molar-refractivity contribution < 1.29 is 38.5 Å². The number of carbonyl (C=O) groups excluding carboxylic acids is 3. The van der Waals surface area contributed by atoms with E-state index in [1.165, 1.54) is 14.2 Å². The molecule has 4 amide bonds. The number of H-pyrrole nitrogens is 2. The minimum Gasteiger partial charge on any atom is -0.488 e. The highest BCUT2D eigenvalue weighted by Gasteiger charge is 2.43. The molecule has 3 aliphatic heterocycles. The number of nitrogens with zero attached hydrogens (tertiary/aromatic N) is 4. The lowest BCUT2D eigenvalue weighted by molar-refractivity contribution is -0.139. The number of amides is 4. The molecule has 5 aromatic rings. The average Bonchev–Trinajstić information content (AvgIpc) is 4.05. The van der Waals surface area contributed by atoms with Gasteiger partial charge in [-0.05, 0) is 91.3 Å². The van der Waals surface area contributed by atoms with Crippen LogP contribution in [0, 0.1) is 11.8 Å². The molecule has 3 aromatic carbocycles. The molecule has 5 heterocycles. The number of carbonyl (C=O) groups is 4. The largest absolute Gasteiger partial charge is 0.488 e. The molecule has 2 fully saturated rings. The molecule has 16 nitrogen and oxygen atoms in total. The van der Waals surface area contributed by atoms with E-state index in [-0.39, 0.29) is 41.8 Å². The van der Waals surface area contributed by atoms with Crippen molar-refractivity contribution in [2.24, 2.45) is 11.8 Å². The maximum atomic E-state index is 13.9. The van der Waals surface area contributed by atoms with Gasteiger partial charge in [0.25, 0.3) is 0 Å². The molecule has 16 heteroatoms. The summed E-state index contributed by atoms with van der Waals surface area (Å²) in [5.41, 5.74) is 6.41. The van der Waals surface area contributed by atoms with Crippen molar-refractivity contribution in [2.75, 3.05) is 20.8 Å². The molecule has 1 unspecified atom stereocenters. The molecule has 0 aliphatic carbocycles. The van der Waals surface area contributed by atoms with E-state index < -0.39 is 30.4 Å². The third kappa shape index (κ3) is 7.37. The Bertz CT molecular complexity index is 2480. The van der Waals surface area contributed by atoms with Gasteiger partial charge in [0.2, 0.25) is 11.8 Å². The highest BCUT2D eigenvalue weighted by molar-refractivity contribution is 6.07. The molecular formula is C44H52N8O8. The maximum absolute atomic E-state index is 13.9. The van der Waals surface area contributed by atoms with E-state index >= 15 is 0 Å². The third-order valence-electron chi connectivity index (χ3n) is 12.4. The van der Waals surface area contributed by atoms with Gasteiger partial charge in [0.05, 0.1) is 48.2 Å². The Morgan fingerprint density at radius 3 is 2.45 bits per heavy atom. The second kappa shape index (κ2) is 16.1. The number of aromatic amines is 2. The summed E-state index contributed by atoms with van der Waals surface area (Å²) < 4.78 is 16.6. The van der Waals surface area contributed by atoms with Crippen LogP contribution < -0.4 is 15.4 Å². The first kappa shape index (κ1) is 40.6. The summed E-state index contributed by atoms with van der Waals surface area (Å²) in [4.78, 5) is 71.7. The summed E-state index contributed by atoms with van der Waals surface area (Å²) in [6.45, 7) is 10.4. The number of benzene rings is 3. The number of methoxy groups -OCH3 is 2. The molecule has 3 aliphatic rings. The zero-order chi connectivity index (χ0) is 42.6. The van der Waals surface area contributed by atoms with Crippen molar-refractivity contribution >= 4 is 45.8 Å². The van der Waals surface area contributed by atoms with Crippen molar-refractivity contribution in [2.45, 2.75) is 96.8 Å². The lowest BCUT2D eigenvalue weighted by atomic mass is 9.92. The van der Waals surface area contributed by atoms with Crippen molar-refractivity contribution in [1.82, 2.24) is 40.4 Å². The van der Waals surface area contributed by atoms with Gasteiger partial charge in [0.15, 0.2) is 0 Å². The number of alkyl carbamates (subject to hydrolysis) is 1. The van der Waals surface area contributed by atoms with E-state index in [1.807, 2.05) is 32.9 Å². The van der Waals surface area contributed by atoms with Crippen LogP contribution in [0.2, 0.25) is 0 Å². The second-order valence-electron chi connectivity index (χ2n) is 16.8. The minimum atomic E-state index is -1.22. The number of imidazole rings is 2. The Morgan fingerprint density at radius 2 is 1.72 bits per heavy atom. The van der Waals surface area contributed by atoms with Crippen LogP contribution in [-0.4, -0.2) is 104 Å². The fraction of sp³-hybridized carbons (Fsp3) is 0.455. The van der Waals surface area contributed by atoms with Crippen LogP contribution in [-0.2, 0) is 25.7 Å². The SMILES string of the molecule is COC(=O)N[C@H](C(=O)N1[C@@H](C)CC[C@H]1c1ncc(-c2ccc3c(c2)COc2cc4c(ccc5[nH]c([C@@H]6C[C@H](C)CN6C(=O)[C@@H](NC(=O)O)C(C)C)nc54)cc2-3)[nH]1)C(C)OC. The Hall–Kier alpha value is -6.16. The Balaban J connectivity index is 1.05. The van der Waals surface area contributed by atoms with Gasteiger partial charge >= 0.3 is 12.2 Å². The molecule has 2 saturated heterocycles. The van der Waals surface area contributed by atoms with Crippen LogP contribution in [0.15, 0.2) is 48.7 Å². The molecule has 316 valence electrons. The lowest BCUT2D eigenvalue weighted by Crippen LogP contribution is -2.55. The van der Waals surface area contributed by atoms with E-state index in [9.17, 15) is 24.3 Å². The standard InChI is InChI=1S/C44H52N8O8/c1-21(2)36(49-43(55)56)41(53)51-19-22(3)14-34(51)40-46-31-12-10-25-16-30-28-11-9-26(15-27(28)20-60-35(30)17-29(25)38(31)48-40)32-18-45-39(47-32)33-13-8-23(4)52(33)42(54)37(24(5)58-6)50-44(57)59-7/h9-12,15-18,21-24,33-34,36-37,49H,8,13-14,19-20H2,1-7H3,(H,45,47)(H,46,48)(H,50,57)(H,55,56)/t22-,23-,24?,33-,34-,36-,37-/m0/s1. The number of ether oxygens (including phenoxy) is 3. The van der Waals surface area contributed by atoms with E-state index in [0.29, 0.717) is 37.6 Å². The third-order valence-corrected chi connectivity index (χ3v) is 12.4. The van der Waals surface area contributed by atoms with Crippen LogP contribution in [0.3, 0.4) is 0 Å². The zero-order valence-corrected chi connectivity index (χ0v) is 34.9. The van der Waals surface area contributed by atoms with Crippen molar-refractivity contribution in [3.05, 3.63) is 65.9 Å². The quantitative estimate of drug-likeness (QED) is 0.101. The van der Waals surface area contributed by atoms with Gasteiger partial charge in [-0.1, -0.05) is 39.0 Å². The van der Waals surface area contributed by atoms with Crippen LogP contribution in [0.4, 0.5) is 9.59 Å². The molecule has 0 spiro atoms. The van der Waals surface area contributed by atoms with Gasteiger partial charge in [-0.15, -0.1) is 0 Å². The summed E-state index contributed by atoms with van der Waals surface area (Å²) in [6, 6.07) is 12.0. The Morgan fingerprint density at radius 1 is 0.917 bits per heavy atom. The van der Waals surface area contributed by atoms with Gasteiger partial charge in [0, 0.05) is 30.6 Å². The summed E-state index contributed by atoms with van der Waals surface area (Å²) >= 11 is 0. The lowest BCUT2D eigenvalue weighted by Gasteiger charge is -2.33. The van der Waals surface area contributed by atoms with Crippen LogP contribution in [0.25, 0.3) is 44.2 Å². The molecule has 7 atom stereocenters. The monoisotopic (exact) mass is 820 g/mol. The maximum Gasteiger partial charge on any atom is 0.407 e. The van der Waals surface area contributed by atoms with Crippen molar-refractivity contribution in [3.63, 3.8) is 0 Å². The molecule has 5 N–H and O–H groups in total. The topological polar surface area (TPSA) is 204 Å². The zero-order valence-electron chi connectivity index (χ0n) is 34.9. The van der Waals surface area contributed by atoms with Crippen molar-refractivity contribution in [3.8, 4) is 28.1 Å². The predicted octanol–water partition coefficient (Wildman–Crippen LogP) is 6.68. The number of hydrogen-bond donors (Lipinski definition) is 5. The number of nitrogens with one attached hydrogen (secondary N) is 4. The average molecular weight is 821 g/mol. The summed E-state index contributed by atoms with van der Waals surface area (Å²) in [5, 5.41) is 16.4. The fourth-order valence-corrected chi connectivity index (χ4v) is 9.14. The first-order valence-corrected chi connectivity index (χ1v) is 20.5. The number of aromatic nitrogens is 4. The first-order chi connectivity index (χ1) is 28.8. The van der Waals surface area contributed by atoms with Gasteiger partial charge in [-0.2, -0.15) is 0 Å². The second-order valence-corrected chi connectivity index (χ2v) is 16.8. The Labute approximate surface area is 347 Å². The molecule has 2 aromatic heterocycles. The van der Waals surface area contributed by atoms with Crippen molar-refractivity contribution in [1.29, 1.82) is 0 Å². The van der Waals surface area contributed by atoms with Crippen LogP contribution >= 0.6 is 0 Å². The molecular weight excluding hydrogens is 769 g/mol. The van der Waals surface area contributed by atoms with Gasteiger partial charge < -0.3 is 49.7 Å². The summed E-state index contributed by atoms with van der Waals surface area (Å²) in [5.74, 6) is 1.58. The highest BCUT2D eigenvalue weighted by Crippen LogP contribution is 2.44. The van der Waals surface area contributed by atoms with Gasteiger partial charge in [-0.25, -0.2) is 19.6 Å². The van der Waals surface area contributed by atoms with E-state index in [1.54, 1.807) is 22.9 Å². The van der Waals surface area contributed by atoms with E-state index in [4.69, 9.17) is 24.2 Å². The van der Waals surface area contributed by atoms with Gasteiger partial charge in [0.1, 0.15) is 36.1 Å². The summed E-state index contributed by atoms with van der Waals surface area (Å²) in [7, 11) is 2.76. The molecule has 0 bridgehead atoms. The fourth-order valence-electron chi connectivity index (χ4n) is 9.14. The number of carboxylic acid groups (broad SMARTS) is 1. The number of fused-ring (bicyclic) bond motifs is 6. The molecule has 60 heavy (non-hydrogen) atoms. The molecule has 0 radical (unpaired) electrons. The van der Waals surface area contributed by atoms with E-state index in [0.717, 1.165) is 61.9 Å². The van der Waals surface area contributed by atoms with E-state index in [2.05, 4.69) is 57.9 Å². The van der Waals surface area contributed by atoms with Crippen LogP contribution in [0.1, 0.15) is 83.2 Å². The number of hydrogen-bond acceptors (Lipinski definition) is 9. The summed E-state index contributed by atoms with van der Waals surface area (Å²) in [6.07, 6.45) is 1.48.